The highest BCUT2D eigenvalue weighted by molar-refractivity contribution is 5.30. The van der Waals surface area contributed by atoms with Crippen molar-refractivity contribution in [3.05, 3.63) is 29.6 Å². The fraction of sp³-hybridized carbons (Fsp3) is 0.500. The van der Waals surface area contributed by atoms with Crippen LogP contribution in [0.1, 0.15) is 24.3 Å². The van der Waals surface area contributed by atoms with E-state index < -0.39 is 0 Å². The molecule has 0 aromatic heterocycles. The van der Waals surface area contributed by atoms with Crippen molar-refractivity contribution in [1.29, 1.82) is 0 Å². The Morgan fingerprint density at radius 2 is 2.00 bits per heavy atom. The fourth-order valence-corrected chi connectivity index (χ4v) is 2.17. The number of likely N-dealkylation sites (tertiary alicyclic amines) is 1. The lowest BCUT2D eigenvalue weighted by Crippen LogP contribution is -2.29. The average molecular weight is 209 g/mol. The molecule has 0 bridgehead atoms. The van der Waals surface area contributed by atoms with Gasteiger partial charge in [-0.05, 0) is 50.5 Å². The van der Waals surface area contributed by atoms with Crippen LogP contribution in [0.2, 0.25) is 0 Å². The van der Waals surface area contributed by atoms with Gasteiger partial charge < -0.3 is 10.0 Å². The van der Waals surface area contributed by atoms with Gasteiger partial charge in [-0.25, -0.2) is 4.39 Å². The van der Waals surface area contributed by atoms with Crippen LogP contribution in [-0.4, -0.2) is 30.1 Å². The molecule has 1 aliphatic heterocycles. The number of aromatic hydroxyl groups is 1. The quantitative estimate of drug-likeness (QED) is 0.767. The lowest BCUT2D eigenvalue weighted by atomic mass is 9.89. The number of hydrogen-bond donors (Lipinski definition) is 1. The maximum absolute atomic E-state index is 13.6. The maximum atomic E-state index is 13.6. The average Bonchev–Trinajstić information content (AvgIpc) is 2.20. The van der Waals surface area contributed by atoms with E-state index in [1.807, 2.05) is 0 Å². The molecule has 1 saturated heterocycles. The largest absolute Gasteiger partial charge is 0.508 e. The van der Waals surface area contributed by atoms with E-state index >= 15 is 0 Å². The first-order valence-corrected chi connectivity index (χ1v) is 5.34. The van der Waals surface area contributed by atoms with Crippen LogP contribution < -0.4 is 0 Å². The van der Waals surface area contributed by atoms with Crippen LogP contribution in [0.5, 0.6) is 5.75 Å². The Labute approximate surface area is 89.3 Å². The van der Waals surface area contributed by atoms with Crippen LogP contribution in [0.4, 0.5) is 4.39 Å². The Morgan fingerprint density at radius 3 is 2.60 bits per heavy atom. The summed E-state index contributed by atoms with van der Waals surface area (Å²) in [4.78, 5) is 2.26. The molecule has 0 saturated carbocycles. The second-order valence-electron chi connectivity index (χ2n) is 4.28. The van der Waals surface area contributed by atoms with Gasteiger partial charge in [-0.15, -0.1) is 0 Å². The van der Waals surface area contributed by atoms with Crippen LogP contribution in [0.3, 0.4) is 0 Å². The molecular weight excluding hydrogens is 193 g/mol. The molecule has 2 rings (SSSR count). The molecule has 1 fully saturated rings. The van der Waals surface area contributed by atoms with Crippen LogP contribution in [0, 0.1) is 5.82 Å². The second-order valence-corrected chi connectivity index (χ2v) is 4.28. The van der Waals surface area contributed by atoms with Crippen molar-refractivity contribution in [2.24, 2.45) is 0 Å². The van der Waals surface area contributed by atoms with Gasteiger partial charge in [-0.1, -0.05) is 6.07 Å². The topological polar surface area (TPSA) is 23.5 Å². The maximum Gasteiger partial charge on any atom is 0.130 e. The highest BCUT2D eigenvalue weighted by atomic mass is 19.1. The Morgan fingerprint density at radius 1 is 1.33 bits per heavy atom. The molecule has 3 heteroatoms. The van der Waals surface area contributed by atoms with E-state index in [4.69, 9.17) is 5.11 Å². The van der Waals surface area contributed by atoms with Crippen LogP contribution in [-0.2, 0) is 0 Å². The summed E-state index contributed by atoms with van der Waals surface area (Å²) in [5.41, 5.74) is 0.751. The summed E-state index contributed by atoms with van der Waals surface area (Å²) >= 11 is 0. The van der Waals surface area contributed by atoms with E-state index in [0.717, 1.165) is 31.5 Å². The summed E-state index contributed by atoms with van der Waals surface area (Å²) in [7, 11) is 2.09. The van der Waals surface area contributed by atoms with E-state index in [1.54, 1.807) is 12.1 Å². The zero-order valence-corrected chi connectivity index (χ0v) is 8.91. The van der Waals surface area contributed by atoms with Gasteiger partial charge in [-0.3, -0.25) is 0 Å². The molecule has 0 atom stereocenters. The second kappa shape index (κ2) is 4.19. The Balaban J connectivity index is 2.15. The summed E-state index contributed by atoms with van der Waals surface area (Å²) < 4.78 is 13.6. The van der Waals surface area contributed by atoms with Gasteiger partial charge in [0.15, 0.2) is 0 Å². The zero-order chi connectivity index (χ0) is 10.8. The van der Waals surface area contributed by atoms with Crippen molar-refractivity contribution in [3.63, 3.8) is 0 Å². The molecule has 1 aromatic rings. The number of rotatable bonds is 1. The molecule has 1 N–H and O–H groups in total. The third-order valence-electron chi connectivity index (χ3n) is 3.14. The van der Waals surface area contributed by atoms with E-state index in [0.29, 0.717) is 5.92 Å². The van der Waals surface area contributed by atoms with E-state index in [9.17, 15) is 4.39 Å². The lowest BCUT2D eigenvalue weighted by molar-refractivity contribution is 0.253. The Hall–Kier alpha value is -1.09. The van der Waals surface area contributed by atoms with Crippen molar-refractivity contribution in [2.45, 2.75) is 18.8 Å². The van der Waals surface area contributed by atoms with Gasteiger partial charge in [0.2, 0.25) is 0 Å². The number of phenolic OH excluding ortho intramolecular Hbond substituents is 1. The van der Waals surface area contributed by atoms with Crippen LogP contribution in [0.25, 0.3) is 0 Å². The van der Waals surface area contributed by atoms with Crippen molar-refractivity contribution in [2.75, 3.05) is 20.1 Å². The molecule has 0 spiro atoms. The highest BCUT2D eigenvalue weighted by Gasteiger charge is 2.20. The van der Waals surface area contributed by atoms with Gasteiger partial charge in [0.05, 0.1) is 0 Å². The summed E-state index contributed by atoms with van der Waals surface area (Å²) in [6, 6.07) is 4.48. The number of nitrogens with zero attached hydrogens (tertiary/aromatic N) is 1. The highest BCUT2D eigenvalue weighted by Crippen LogP contribution is 2.30. The predicted molar refractivity (Wildman–Crippen MR) is 57.5 cm³/mol. The van der Waals surface area contributed by atoms with Crippen molar-refractivity contribution in [3.8, 4) is 5.75 Å². The molecule has 1 aromatic carbocycles. The van der Waals surface area contributed by atoms with Gasteiger partial charge in [-0.2, -0.15) is 0 Å². The van der Waals surface area contributed by atoms with Crippen molar-refractivity contribution in [1.82, 2.24) is 4.90 Å². The molecule has 0 radical (unpaired) electrons. The Kier molecular flexibility index (Phi) is 2.91. The number of halogens is 1. The van der Waals surface area contributed by atoms with E-state index in [1.165, 1.54) is 6.07 Å². The molecule has 15 heavy (non-hydrogen) atoms. The molecule has 0 aliphatic carbocycles. The first kappa shape index (κ1) is 10.4. The summed E-state index contributed by atoms with van der Waals surface area (Å²) in [5.74, 6) is 0.0375. The first-order chi connectivity index (χ1) is 7.16. The van der Waals surface area contributed by atoms with Gasteiger partial charge in [0.25, 0.3) is 0 Å². The van der Waals surface area contributed by atoms with Crippen LogP contribution in [0.15, 0.2) is 18.2 Å². The zero-order valence-electron chi connectivity index (χ0n) is 8.91. The third-order valence-corrected chi connectivity index (χ3v) is 3.14. The van der Waals surface area contributed by atoms with Crippen LogP contribution >= 0.6 is 0 Å². The fourth-order valence-electron chi connectivity index (χ4n) is 2.17. The lowest BCUT2D eigenvalue weighted by Gasteiger charge is -2.29. The third kappa shape index (κ3) is 2.29. The first-order valence-electron chi connectivity index (χ1n) is 5.34. The SMILES string of the molecule is CN1CCC(c2ccc(O)cc2F)CC1. The summed E-state index contributed by atoms with van der Waals surface area (Å²) in [6.07, 6.45) is 2.00. The minimum atomic E-state index is -0.274. The molecule has 82 valence electrons. The van der Waals surface area contributed by atoms with Crippen molar-refractivity contribution < 1.29 is 9.50 Å². The summed E-state index contributed by atoms with van der Waals surface area (Å²) in [6.45, 7) is 2.04. The minimum absolute atomic E-state index is 0.00387. The normalized spacial score (nSPS) is 19.3. The van der Waals surface area contributed by atoms with Gasteiger partial charge in [0, 0.05) is 6.07 Å². The monoisotopic (exact) mass is 209 g/mol. The molecular formula is C12H16FNO. The smallest absolute Gasteiger partial charge is 0.130 e. The molecule has 1 heterocycles. The van der Waals surface area contributed by atoms with E-state index in [2.05, 4.69) is 11.9 Å². The number of piperidine rings is 1. The van der Waals surface area contributed by atoms with Gasteiger partial charge >= 0.3 is 0 Å². The summed E-state index contributed by atoms with van der Waals surface area (Å²) in [5, 5.41) is 9.13. The van der Waals surface area contributed by atoms with Crippen molar-refractivity contribution >= 4 is 0 Å². The van der Waals surface area contributed by atoms with E-state index in [-0.39, 0.29) is 11.6 Å². The van der Waals surface area contributed by atoms with Gasteiger partial charge in [0.1, 0.15) is 11.6 Å². The molecule has 1 aliphatic rings. The number of benzene rings is 1. The molecule has 2 nitrogen and oxygen atoms in total. The number of hydrogen-bond acceptors (Lipinski definition) is 2. The molecule has 0 unspecified atom stereocenters. The standard InChI is InChI=1S/C12H16FNO/c1-14-6-4-9(5-7-14)11-3-2-10(15)8-12(11)13/h2-3,8-9,15H,4-7H2,1H3. The Bertz CT molecular complexity index is 345. The molecule has 0 amide bonds. The number of phenols is 1. The minimum Gasteiger partial charge on any atom is -0.508 e. The predicted octanol–water partition coefficient (Wildman–Crippen LogP) is 2.34.